The standard InChI is InChI=1S/C16H22O4/c1-14-6-4-7-15(2,13(18)19)10(14)5-8-16(3)11(14)9-12(17)20-16/h5,8,10-11H,4,6-7,9H2,1-3H3,(H,18,19)/t10-,11-,14+,15+,16+/m1/s1. The minimum absolute atomic E-state index is 0.0335. The maximum Gasteiger partial charge on any atom is 0.309 e. The zero-order valence-electron chi connectivity index (χ0n) is 12.3. The summed E-state index contributed by atoms with van der Waals surface area (Å²) in [5.41, 5.74) is -1.48. The molecular weight excluding hydrogens is 256 g/mol. The van der Waals surface area contributed by atoms with Crippen molar-refractivity contribution in [2.24, 2.45) is 22.7 Å². The summed E-state index contributed by atoms with van der Waals surface area (Å²) in [6.07, 6.45) is 6.89. The Hall–Kier alpha value is -1.32. The van der Waals surface area contributed by atoms with E-state index in [0.29, 0.717) is 12.8 Å². The van der Waals surface area contributed by atoms with Crippen molar-refractivity contribution in [1.29, 1.82) is 0 Å². The Labute approximate surface area is 119 Å². The molecule has 1 heterocycles. The van der Waals surface area contributed by atoms with E-state index in [9.17, 15) is 14.7 Å². The highest BCUT2D eigenvalue weighted by Gasteiger charge is 2.63. The fraction of sp³-hybridized carbons (Fsp3) is 0.750. The Bertz CT molecular complexity index is 511. The van der Waals surface area contributed by atoms with Crippen LogP contribution in [-0.2, 0) is 14.3 Å². The molecule has 1 saturated carbocycles. The van der Waals surface area contributed by atoms with E-state index in [1.54, 1.807) is 0 Å². The Morgan fingerprint density at radius 1 is 1.35 bits per heavy atom. The number of aliphatic carboxylic acids is 1. The molecule has 20 heavy (non-hydrogen) atoms. The number of hydrogen-bond acceptors (Lipinski definition) is 3. The van der Waals surface area contributed by atoms with E-state index >= 15 is 0 Å². The molecule has 3 aliphatic rings. The van der Waals surface area contributed by atoms with E-state index in [1.807, 2.05) is 26.0 Å². The number of carboxylic acids is 1. The molecule has 0 bridgehead atoms. The highest BCUT2D eigenvalue weighted by atomic mass is 16.6. The van der Waals surface area contributed by atoms with E-state index in [-0.39, 0.29) is 23.2 Å². The number of hydrogen-bond donors (Lipinski definition) is 1. The molecule has 0 aromatic heterocycles. The summed E-state index contributed by atoms with van der Waals surface area (Å²) in [4.78, 5) is 23.5. The monoisotopic (exact) mass is 278 g/mol. The SMILES string of the molecule is C[C@]12CCC[C@](C)(C(=O)O)[C@@H]1C=C[C@]1(C)OC(=O)C[C@H]21. The molecule has 1 saturated heterocycles. The number of esters is 1. The highest BCUT2D eigenvalue weighted by Crippen LogP contribution is 2.62. The van der Waals surface area contributed by atoms with Gasteiger partial charge in [0.05, 0.1) is 11.8 Å². The van der Waals surface area contributed by atoms with Gasteiger partial charge in [-0.1, -0.05) is 19.4 Å². The number of carbonyl (C=O) groups excluding carboxylic acids is 1. The molecule has 5 atom stereocenters. The van der Waals surface area contributed by atoms with Crippen molar-refractivity contribution < 1.29 is 19.4 Å². The van der Waals surface area contributed by atoms with Crippen LogP contribution < -0.4 is 0 Å². The van der Waals surface area contributed by atoms with Crippen LogP contribution in [0.25, 0.3) is 0 Å². The number of allylic oxidation sites excluding steroid dienone is 1. The quantitative estimate of drug-likeness (QED) is 0.591. The van der Waals surface area contributed by atoms with Gasteiger partial charge in [-0.15, -0.1) is 0 Å². The average Bonchev–Trinajstić information content (AvgIpc) is 2.65. The lowest BCUT2D eigenvalue weighted by Crippen LogP contribution is -2.56. The van der Waals surface area contributed by atoms with E-state index < -0.39 is 17.0 Å². The average molecular weight is 278 g/mol. The number of rotatable bonds is 1. The van der Waals surface area contributed by atoms with Crippen LogP contribution in [0.15, 0.2) is 12.2 Å². The van der Waals surface area contributed by atoms with Gasteiger partial charge in [-0.05, 0) is 44.1 Å². The summed E-state index contributed by atoms with van der Waals surface area (Å²) >= 11 is 0. The fourth-order valence-corrected chi connectivity index (χ4v) is 4.99. The number of carboxylic acid groups (broad SMARTS) is 1. The van der Waals surface area contributed by atoms with E-state index in [1.165, 1.54) is 0 Å². The van der Waals surface area contributed by atoms with Crippen molar-refractivity contribution in [3.8, 4) is 0 Å². The van der Waals surface area contributed by atoms with Crippen molar-refractivity contribution in [2.75, 3.05) is 0 Å². The topological polar surface area (TPSA) is 63.6 Å². The van der Waals surface area contributed by atoms with Crippen LogP contribution in [0.5, 0.6) is 0 Å². The zero-order chi connectivity index (χ0) is 14.8. The Morgan fingerprint density at radius 2 is 2.05 bits per heavy atom. The van der Waals surface area contributed by atoms with Crippen molar-refractivity contribution in [3.63, 3.8) is 0 Å². The lowest BCUT2D eigenvalue weighted by Gasteiger charge is -2.56. The predicted molar refractivity (Wildman–Crippen MR) is 72.9 cm³/mol. The first kappa shape index (κ1) is 13.7. The number of ether oxygens (including phenoxy) is 1. The van der Waals surface area contributed by atoms with Gasteiger partial charge in [-0.25, -0.2) is 0 Å². The first-order valence-electron chi connectivity index (χ1n) is 7.37. The Kier molecular flexibility index (Phi) is 2.64. The van der Waals surface area contributed by atoms with E-state index in [2.05, 4.69) is 6.92 Å². The summed E-state index contributed by atoms with van der Waals surface area (Å²) in [6.45, 7) is 5.95. The third-order valence-electron chi connectivity index (χ3n) is 6.11. The molecule has 110 valence electrons. The second-order valence-electron chi connectivity index (χ2n) is 7.33. The molecule has 1 N–H and O–H groups in total. The van der Waals surface area contributed by atoms with Gasteiger partial charge in [0, 0.05) is 5.92 Å². The van der Waals surface area contributed by atoms with Crippen molar-refractivity contribution in [2.45, 2.75) is 52.1 Å². The van der Waals surface area contributed by atoms with E-state index in [0.717, 1.165) is 12.8 Å². The van der Waals surface area contributed by atoms with Crippen LogP contribution in [0.3, 0.4) is 0 Å². The zero-order valence-corrected chi connectivity index (χ0v) is 12.3. The van der Waals surface area contributed by atoms with Crippen molar-refractivity contribution >= 4 is 11.9 Å². The second kappa shape index (κ2) is 3.86. The summed E-state index contributed by atoms with van der Waals surface area (Å²) in [6, 6.07) is 0. The van der Waals surface area contributed by atoms with Crippen LogP contribution in [0, 0.1) is 22.7 Å². The summed E-state index contributed by atoms with van der Waals surface area (Å²) in [5.74, 6) is -0.844. The maximum atomic E-state index is 11.8. The third-order valence-corrected chi connectivity index (χ3v) is 6.11. The van der Waals surface area contributed by atoms with Gasteiger partial charge < -0.3 is 9.84 Å². The number of carbonyl (C=O) groups is 2. The van der Waals surface area contributed by atoms with Gasteiger partial charge >= 0.3 is 11.9 Å². The van der Waals surface area contributed by atoms with E-state index in [4.69, 9.17) is 4.74 Å². The van der Waals surface area contributed by atoms with Gasteiger partial charge in [0.25, 0.3) is 0 Å². The minimum Gasteiger partial charge on any atom is -0.481 e. The van der Waals surface area contributed by atoms with Crippen LogP contribution in [-0.4, -0.2) is 22.6 Å². The maximum absolute atomic E-state index is 11.8. The van der Waals surface area contributed by atoms with Crippen LogP contribution >= 0.6 is 0 Å². The number of fused-ring (bicyclic) bond motifs is 3. The van der Waals surface area contributed by atoms with Gasteiger partial charge in [0.2, 0.25) is 0 Å². The smallest absolute Gasteiger partial charge is 0.309 e. The van der Waals surface area contributed by atoms with Crippen LogP contribution in [0.4, 0.5) is 0 Å². The molecule has 1 aliphatic heterocycles. The first-order chi connectivity index (χ1) is 9.22. The normalized spacial score (nSPS) is 50.2. The molecule has 0 unspecified atom stereocenters. The minimum atomic E-state index is -0.740. The fourth-order valence-electron chi connectivity index (χ4n) is 4.99. The lowest BCUT2D eigenvalue weighted by molar-refractivity contribution is -0.164. The van der Waals surface area contributed by atoms with Gasteiger partial charge in [-0.2, -0.15) is 0 Å². The highest BCUT2D eigenvalue weighted by molar-refractivity contribution is 5.76. The molecule has 0 aromatic rings. The Morgan fingerprint density at radius 3 is 2.70 bits per heavy atom. The third kappa shape index (κ3) is 1.54. The summed E-state index contributed by atoms with van der Waals surface area (Å²) < 4.78 is 5.52. The van der Waals surface area contributed by atoms with Gasteiger partial charge in [0.1, 0.15) is 5.60 Å². The molecular formula is C16H22O4. The van der Waals surface area contributed by atoms with Crippen molar-refractivity contribution in [3.05, 3.63) is 12.2 Å². The summed E-state index contributed by atoms with van der Waals surface area (Å²) in [5, 5.41) is 9.68. The molecule has 4 nitrogen and oxygen atoms in total. The largest absolute Gasteiger partial charge is 0.481 e. The molecule has 0 spiro atoms. The van der Waals surface area contributed by atoms with Gasteiger partial charge in [-0.3, -0.25) is 9.59 Å². The molecule has 3 rings (SSSR count). The second-order valence-corrected chi connectivity index (χ2v) is 7.33. The molecule has 2 fully saturated rings. The predicted octanol–water partition coefficient (Wildman–Crippen LogP) is 2.78. The molecule has 4 heteroatoms. The Balaban J connectivity index is 2.09. The van der Waals surface area contributed by atoms with Gasteiger partial charge in [0.15, 0.2) is 0 Å². The van der Waals surface area contributed by atoms with Crippen molar-refractivity contribution in [1.82, 2.24) is 0 Å². The molecule has 2 aliphatic carbocycles. The lowest BCUT2D eigenvalue weighted by atomic mass is 9.47. The molecule has 0 radical (unpaired) electrons. The molecule has 0 amide bonds. The summed E-state index contributed by atoms with van der Waals surface area (Å²) in [7, 11) is 0. The van der Waals surface area contributed by atoms with Crippen LogP contribution in [0.2, 0.25) is 0 Å². The first-order valence-corrected chi connectivity index (χ1v) is 7.37. The molecule has 0 aromatic carbocycles. The van der Waals surface area contributed by atoms with Crippen LogP contribution in [0.1, 0.15) is 46.5 Å².